The molecule has 0 rings (SSSR count). The van der Waals surface area contributed by atoms with Gasteiger partial charge in [0, 0.05) is 0 Å². The van der Waals surface area contributed by atoms with Gasteiger partial charge in [0.15, 0.2) is 0 Å². The molecule has 2 amide bonds. The van der Waals surface area contributed by atoms with Gasteiger partial charge in [-0.05, 0) is 0 Å². The zero-order valence-electron chi connectivity index (χ0n) is 9.07. The molecule has 0 saturated heterocycles. The van der Waals surface area contributed by atoms with Gasteiger partial charge in [-0.25, -0.2) is 9.59 Å². The van der Waals surface area contributed by atoms with Crippen LogP contribution in [-0.2, 0) is 19.3 Å². The van der Waals surface area contributed by atoms with Gasteiger partial charge >= 0.3 is 18.3 Å². The normalized spacial score (nSPS) is 3.70. The lowest BCUT2D eigenvalue weighted by molar-refractivity contribution is -0.191. The van der Waals surface area contributed by atoms with E-state index in [4.69, 9.17) is 9.59 Å². The molecule has 0 aliphatic carbocycles. The van der Waals surface area contributed by atoms with Gasteiger partial charge in [0.2, 0.25) is 0 Å². The van der Waals surface area contributed by atoms with Crippen molar-refractivity contribution in [3.63, 3.8) is 0 Å². The Morgan fingerprint density at radius 1 is 0.800 bits per heavy atom. The van der Waals surface area contributed by atoms with Gasteiger partial charge in [-0.3, -0.25) is 0 Å². The van der Waals surface area contributed by atoms with Gasteiger partial charge in [0.05, 0.1) is 0 Å². The van der Waals surface area contributed by atoms with E-state index in [0.717, 1.165) is 0 Å². The third-order valence-corrected chi connectivity index (χ3v) is 0.232. The average Bonchev–Trinajstić information content (AvgIpc) is 2.07. The fourth-order valence-electron chi connectivity index (χ4n) is 0. The maximum Gasteiger partial charge on any atom is 0.423 e. The number of primary amides is 2. The van der Waals surface area contributed by atoms with Crippen LogP contribution < -0.4 is 35.6 Å². The highest BCUT2D eigenvalue weighted by Crippen LogP contribution is 1.49. The maximum absolute atomic E-state index is 9.24. The second kappa shape index (κ2) is 92.3. The average molecular weight is 314 g/mol. The Morgan fingerprint density at radius 3 is 0.850 bits per heavy atom. The van der Waals surface area contributed by atoms with Crippen LogP contribution in [0.25, 0.3) is 0 Å². The summed E-state index contributed by atoms with van der Waals surface area (Å²) in [5.74, 6) is 8.39. The number of rotatable bonds is 0. The highest BCUT2D eigenvalue weighted by molar-refractivity contribution is 5.64. The summed E-state index contributed by atoms with van der Waals surface area (Å²) in [5.41, 5.74) is 8.61. The molecule has 0 aromatic carbocycles. The number of hydrogen-bond acceptors (Lipinski definition) is 12. The first-order valence-corrected chi connectivity index (χ1v) is 2.27. The number of nitrogens with two attached hydrogens (primary N) is 4. The molecule has 0 aliphatic rings. The lowest BCUT2D eigenvalue weighted by Gasteiger charge is -1.79. The van der Waals surface area contributed by atoms with Crippen molar-refractivity contribution in [3.05, 3.63) is 0 Å². The third kappa shape index (κ3) is 1250. The predicted molar refractivity (Wildman–Crippen MR) is 65.7 cm³/mol. The van der Waals surface area contributed by atoms with E-state index in [9.17, 15) is 9.59 Å². The summed E-state index contributed by atoms with van der Waals surface area (Å²) in [6, 6.07) is 0. The van der Waals surface area contributed by atoms with Crippen molar-refractivity contribution < 1.29 is 45.3 Å². The molecule has 0 saturated carbocycles. The number of carbonyl (C=O) groups excluding carboxylic acids is 4. The zero-order chi connectivity index (χ0) is 11.3. The molecule has 0 aliphatic heterocycles. The van der Waals surface area contributed by atoms with Crippen LogP contribution in [0.3, 0.4) is 0 Å². The van der Waals surface area contributed by atoms with Crippen molar-refractivity contribution in [1.82, 2.24) is 12.3 Å². The zero-order valence-corrected chi connectivity index (χ0v) is 9.07. The SMILES string of the molecule is C.C.N.N.NOC(N)=O.NOC(N)=O.O.O=C=O.[OH-].[OH-]. The van der Waals surface area contributed by atoms with E-state index >= 15 is 0 Å². The van der Waals surface area contributed by atoms with E-state index in [-0.39, 0.29) is 49.7 Å². The summed E-state index contributed by atoms with van der Waals surface area (Å²) in [6.45, 7) is 0. The Hall–Kier alpha value is -2.36. The van der Waals surface area contributed by atoms with E-state index in [1.54, 1.807) is 0 Å². The maximum atomic E-state index is 9.24. The molecule has 0 heterocycles. The molecule has 0 aromatic rings. The summed E-state index contributed by atoms with van der Waals surface area (Å²) in [7, 11) is 0. The molecular weight excluding hydrogens is 288 g/mol. The molecule has 132 valence electrons. The van der Waals surface area contributed by atoms with Crippen molar-refractivity contribution in [2.24, 2.45) is 23.3 Å². The van der Waals surface area contributed by atoms with Crippen LogP contribution in [0.4, 0.5) is 9.59 Å². The van der Waals surface area contributed by atoms with Gasteiger partial charge in [-0.15, -0.1) is 0 Å². The monoisotopic (exact) mass is 314 g/mol. The summed E-state index contributed by atoms with van der Waals surface area (Å²) in [4.78, 5) is 41.5. The Balaban J connectivity index is -0.00000000814. The van der Waals surface area contributed by atoms with E-state index in [2.05, 4.69) is 32.9 Å². The van der Waals surface area contributed by atoms with Crippen LogP contribution in [0.2, 0.25) is 0 Å². The number of hydrogen-bond donors (Lipinski definition) is 6. The van der Waals surface area contributed by atoms with Gasteiger partial charge in [-0.2, -0.15) is 21.4 Å². The third-order valence-electron chi connectivity index (χ3n) is 0.232. The molecule has 0 spiro atoms. The summed E-state index contributed by atoms with van der Waals surface area (Å²) < 4.78 is 0. The predicted octanol–water partition coefficient (Wildman–Crippen LogP) is -2.25. The number of amides is 2. The van der Waals surface area contributed by atoms with Crippen LogP contribution in [0.1, 0.15) is 14.9 Å². The summed E-state index contributed by atoms with van der Waals surface area (Å²) in [6.07, 6.45) is -1.69. The Morgan fingerprint density at radius 2 is 0.850 bits per heavy atom. The van der Waals surface area contributed by atoms with E-state index in [1.807, 2.05) is 0 Å². The second-order valence-corrected chi connectivity index (χ2v) is 0.957. The molecule has 0 atom stereocenters. The molecule has 0 radical (unpaired) electrons. The molecule has 0 unspecified atom stereocenters. The van der Waals surface area contributed by atoms with E-state index in [1.165, 1.54) is 0 Å². The largest absolute Gasteiger partial charge is 0.870 e. The van der Waals surface area contributed by atoms with Crippen molar-refractivity contribution >= 4 is 18.3 Å². The van der Waals surface area contributed by atoms with Crippen molar-refractivity contribution in [3.8, 4) is 0 Å². The van der Waals surface area contributed by atoms with Crippen molar-refractivity contribution in [2.45, 2.75) is 14.9 Å². The van der Waals surface area contributed by atoms with Crippen LogP contribution in [-0.4, -0.2) is 34.8 Å². The smallest absolute Gasteiger partial charge is 0.423 e. The van der Waals surface area contributed by atoms with Gasteiger partial charge in [0.25, 0.3) is 0 Å². The van der Waals surface area contributed by atoms with Crippen LogP contribution >= 0.6 is 0 Å². The highest BCUT2D eigenvalue weighted by Gasteiger charge is 1.78. The van der Waals surface area contributed by atoms with E-state index in [0.29, 0.717) is 0 Å². The van der Waals surface area contributed by atoms with Crippen molar-refractivity contribution in [1.29, 1.82) is 0 Å². The van der Waals surface area contributed by atoms with Crippen LogP contribution in [0.15, 0.2) is 0 Å². The summed E-state index contributed by atoms with van der Waals surface area (Å²) in [5, 5.41) is 0. The first-order valence-electron chi connectivity index (χ1n) is 2.27. The number of carbonyl (C=O) groups is 2. The molecule has 0 aromatic heterocycles. The minimum absolute atomic E-state index is 0. The molecule has 20 heavy (non-hydrogen) atoms. The lowest BCUT2D eigenvalue weighted by Crippen LogP contribution is -2.16. The first kappa shape index (κ1) is 83.7. The highest BCUT2D eigenvalue weighted by atomic mass is 16.7. The van der Waals surface area contributed by atoms with Gasteiger partial charge in [-0.1, -0.05) is 14.9 Å². The van der Waals surface area contributed by atoms with Crippen molar-refractivity contribution in [2.75, 3.05) is 0 Å². The molecular formula is C5H26N6O9-2. The minimum atomic E-state index is -0.968. The van der Waals surface area contributed by atoms with Gasteiger partial charge < -0.3 is 49.9 Å². The quantitative estimate of drug-likeness (QED) is 0.258. The fourth-order valence-corrected chi connectivity index (χ4v) is 0. The molecule has 18 N–H and O–H groups in total. The lowest BCUT2D eigenvalue weighted by atomic mass is 11.3. The minimum Gasteiger partial charge on any atom is -0.870 e. The van der Waals surface area contributed by atoms with Crippen LogP contribution in [0.5, 0.6) is 0 Å². The Kier molecular flexibility index (Phi) is 386. The molecule has 0 fully saturated rings. The first-order chi connectivity index (χ1) is 5.95. The van der Waals surface area contributed by atoms with E-state index < -0.39 is 12.2 Å². The topological polar surface area (TPSA) is 352 Å². The molecule has 0 bridgehead atoms. The van der Waals surface area contributed by atoms with Gasteiger partial charge in [0.1, 0.15) is 0 Å². The van der Waals surface area contributed by atoms with Crippen LogP contribution in [0, 0.1) is 0 Å². The Bertz CT molecular complexity index is 172. The Labute approximate surface area is 115 Å². The summed E-state index contributed by atoms with van der Waals surface area (Å²) >= 11 is 0. The molecule has 15 nitrogen and oxygen atoms in total. The molecule has 15 heteroatoms. The fraction of sp³-hybridized carbons (Fsp3) is 0.400. The standard InChI is InChI=1S/2CH4N2O2.CO2.2CH4.2H3N.3H2O/c2*2-1(4)5-3;2-1-3;;;;;;;/h2*3H2,(H2,2,4);;2*1H4;2*1H3;3*1H2/p-2. The second-order valence-electron chi connectivity index (χ2n) is 0.957.